The standard InChI is InChI=1S/C16H17N3O2/c1-2-18-13-7-3-4-8-14(13)19(16(18)21)12-11-17-10-6-5-9-15(17)20/h3-10H,2,11-12H2,1H3. The van der Waals surface area contributed by atoms with Crippen molar-refractivity contribution >= 4 is 11.0 Å². The normalized spacial score (nSPS) is 11.1. The minimum atomic E-state index is -0.0511. The molecule has 108 valence electrons. The molecule has 0 atom stereocenters. The number of rotatable bonds is 4. The molecule has 3 rings (SSSR count). The Morgan fingerprint density at radius 1 is 0.857 bits per heavy atom. The maximum Gasteiger partial charge on any atom is 0.329 e. The zero-order valence-corrected chi connectivity index (χ0v) is 11.9. The molecule has 0 radical (unpaired) electrons. The van der Waals surface area contributed by atoms with E-state index in [9.17, 15) is 9.59 Å². The number of benzene rings is 1. The first-order valence-electron chi connectivity index (χ1n) is 7.06. The van der Waals surface area contributed by atoms with Crippen LogP contribution in [0, 0.1) is 0 Å². The molecule has 0 aliphatic heterocycles. The lowest BCUT2D eigenvalue weighted by Crippen LogP contribution is -2.27. The number of aromatic nitrogens is 3. The summed E-state index contributed by atoms with van der Waals surface area (Å²) in [6.07, 6.45) is 1.74. The van der Waals surface area contributed by atoms with Crippen molar-refractivity contribution in [3.63, 3.8) is 0 Å². The van der Waals surface area contributed by atoms with Gasteiger partial charge in [0.15, 0.2) is 0 Å². The fourth-order valence-corrected chi connectivity index (χ4v) is 2.65. The van der Waals surface area contributed by atoms with E-state index in [1.165, 1.54) is 6.07 Å². The summed E-state index contributed by atoms with van der Waals surface area (Å²) in [5.74, 6) is 0. The first kappa shape index (κ1) is 13.4. The summed E-state index contributed by atoms with van der Waals surface area (Å²) >= 11 is 0. The first-order chi connectivity index (χ1) is 10.2. The molecule has 3 aromatic rings. The van der Waals surface area contributed by atoms with Crippen molar-refractivity contribution in [2.75, 3.05) is 0 Å². The van der Waals surface area contributed by atoms with E-state index in [-0.39, 0.29) is 11.2 Å². The highest BCUT2D eigenvalue weighted by atomic mass is 16.2. The van der Waals surface area contributed by atoms with E-state index in [4.69, 9.17) is 0 Å². The quantitative estimate of drug-likeness (QED) is 0.731. The van der Waals surface area contributed by atoms with Crippen molar-refractivity contribution in [3.05, 3.63) is 69.5 Å². The summed E-state index contributed by atoms with van der Waals surface area (Å²) in [6.45, 7) is 3.56. The van der Waals surface area contributed by atoms with Crippen molar-refractivity contribution < 1.29 is 0 Å². The summed E-state index contributed by atoms with van der Waals surface area (Å²) in [5.41, 5.74) is 1.77. The third-order valence-electron chi connectivity index (χ3n) is 3.70. The predicted molar refractivity (Wildman–Crippen MR) is 82.6 cm³/mol. The van der Waals surface area contributed by atoms with Crippen molar-refractivity contribution in [1.29, 1.82) is 0 Å². The van der Waals surface area contributed by atoms with Crippen LogP contribution in [0.25, 0.3) is 11.0 Å². The maximum atomic E-state index is 12.5. The number of para-hydroxylation sites is 2. The number of imidazole rings is 1. The molecular formula is C16H17N3O2. The van der Waals surface area contributed by atoms with Crippen molar-refractivity contribution in [2.24, 2.45) is 0 Å². The van der Waals surface area contributed by atoms with Crippen LogP contribution in [0.5, 0.6) is 0 Å². The second-order valence-electron chi connectivity index (χ2n) is 4.90. The van der Waals surface area contributed by atoms with Crippen LogP contribution >= 0.6 is 0 Å². The van der Waals surface area contributed by atoms with Gasteiger partial charge in [0.1, 0.15) is 0 Å². The molecule has 0 aliphatic rings. The summed E-state index contributed by atoms with van der Waals surface area (Å²) in [5, 5.41) is 0. The molecule has 0 amide bonds. The molecule has 5 heteroatoms. The van der Waals surface area contributed by atoms with E-state index >= 15 is 0 Å². The topological polar surface area (TPSA) is 48.9 Å². The first-order valence-corrected chi connectivity index (χ1v) is 7.06. The van der Waals surface area contributed by atoms with Gasteiger partial charge in [-0.2, -0.15) is 0 Å². The second kappa shape index (κ2) is 5.44. The molecule has 2 heterocycles. The van der Waals surface area contributed by atoms with Crippen LogP contribution < -0.4 is 11.2 Å². The lowest BCUT2D eigenvalue weighted by Gasteiger charge is -2.06. The molecule has 1 aromatic carbocycles. The average Bonchev–Trinajstić information content (AvgIpc) is 2.78. The summed E-state index contributed by atoms with van der Waals surface area (Å²) in [7, 11) is 0. The Hall–Kier alpha value is -2.56. The van der Waals surface area contributed by atoms with Crippen molar-refractivity contribution in [3.8, 4) is 0 Å². The third kappa shape index (κ3) is 2.31. The van der Waals surface area contributed by atoms with Crippen LogP contribution in [-0.4, -0.2) is 13.7 Å². The molecule has 0 aliphatic carbocycles. The fraction of sp³-hybridized carbons (Fsp3) is 0.250. The summed E-state index contributed by atoms with van der Waals surface area (Å²) in [6, 6.07) is 12.8. The maximum absolute atomic E-state index is 12.5. The predicted octanol–water partition coefficient (Wildman–Crippen LogP) is 1.68. The third-order valence-corrected chi connectivity index (χ3v) is 3.70. The lowest BCUT2D eigenvalue weighted by atomic mass is 10.3. The smallest absolute Gasteiger partial charge is 0.314 e. The van der Waals surface area contributed by atoms with Gasteiger partial charge in [-0.3, -0.25) is 13.9 Å². The number of aryl methyl sites for hydroxylation is 3. The highest BCUT2D eigenvalue weighted by Crippen LogP contribution is 2.12. The van der Waals surface area contributed by atoms with Gasteiger partial charge in [-0.05, 0) is 25.1 Å². The van der Waals surface area contributed by atoms with Crippen molar-refractivity contribution in [1.82, 2.24) is 13.7 Å². The summed E-state index contributed by atoms with van der Waals surface area (Å²) in [4.78, 5) is 24.2. The van der Waals surface area contributed by atoms with E-state index in [0.717, 1.165) is 11.0 Å². The Bertz CT molecular complexity index is 886. The number of fused-ring (bicyclic) bond motifs is 1. The minimum absolute atomic E-state index is 0.0253. The SMILES string of the molecule is CCn1c(=O)n(CCn2ccccc2=O)c2ccccc21. The number of pyridine rings is 1. The Labute approximate surface area is 121 Å². The molecule has 2 aromatic heterocycles. The van der Waals surface area contributed by atoms with Gasteiger partial charge in [-0.25, -0.2) is 4.79 Å². The molecule has 0 saturated carbocycles. The highest BCUT2D eigenvalue weighted by molar-refractivity contribution is 5.75. The van der Waals surface area contributed by atoms with E-state index < -0.39 is 0 Å². The monoisotopic (exact) mass is 283 g/mol. The van der Waals surface area contributed by atoms with E-state index in [0.29, 0.717) is 19.6 Å². The molecule has 0 N–H and O–H groups in total. The van der Waals surface area contributed by atoms with Gasteiger partial charge in [0.05, 0.1) is 11.0 Å². The van der Waals surface area contributed by atoms with Crippen molar-refractivity contribution in [2.45, 2.75) is 26.6 Å². The molecular weight excluding hydrogens is 266 g/mol. The molecule has 0 fully saturated rings. The fourth-order valence-electron chi connectivity index (χ4n) is 2.65. The Kier molecular flexibility index (Phi) is 3.48. The van der Waals surface area contributed by atoms with E-state index in [2.05, 4.69) is 0 Å². The van der Waals surface area contributed by atoms with Gasteiger partial charge in [-0.1, -0.05) is 18.2 Å². The zero-order valence-electron chi connectivity index (χ0n) is 11.9. The number of hydrogen-bond donors (Lipinski definition) is 0. The average molecular weight is 283 g/mol. The lowest BCUT2D eigenvalue weighted by molar-refractivity contribution is 0.551. The van der Waals surface area contributed by atoms with Gasteiger partial charge < -0.3 is 4.57 Å². The highest BCUT2D eigenvalue weighted by Gasteiger charge is 2.11. The van der Waals surface area contributed by atoms with Gasteiger partial charge in [0, 0.05) is 31.9 Å². The molecule has 0 bridgehead atoms. The minimum Gasteiger partial charge on any atom is -0.314 e. The molecule has 21 heavy (non-hydrogen) atoms. The second-order valence-corrected chi connectivity index (χ2v) is 4.90. The van der Waals surface area contributed by atoms with Gasteiger partial charge >= 0.3 is 5.69 Å². The van der Waals surface area contributed by atoms with Crippen LogP contribution in [0.15, 0.2) is 58.3 Å². The summed E-state index contributed by atoms with van der Waals surface area (Å²) < 4.78 is 5.10. The Morgan fingerprint density at radius 3 is 2.19 bits per heavy atom. The van der Waals surface area contributed by atoms with Gasteiger partial charge in [-0.15, -0.1) is 0 Å². The van der Waals surface area contributed by atoms with Crippen LogP contribution in [0.4, 0.5) is 0 Å². The van der Waals surface area contributed by atoms with Crippen LogP contribution in [0.1, 0.15) is 6.92 Å². The largest absolute Gasteiger partial charge is 0.329 e. The van der Waals surface area contributed by atoms with Gasteiger partial charge in [0.25, 0.3) is 5.56 Å². The molecule has 0 saturated heterocycles. The van der Waals surface area contributed by atoms with E-state index in [1.807, 2.05) is 37.3 Å². The van der Waals surface area contributed by atoms with Gasteiger partial charge in [0.2, 0.25) is 0 Å². The van der Waals surface area contributed by atoms with Crippen LogP contribution in [0.2, 0.25) is 0 Å². The molecule has 0 spiro atoms. The molecule has 0 unspecified atom stereocenters. The van der Waals surface area contributed by atoms with Crippen LogP contribution in [0.3, 0.4) is 0 Å². The Balaban J connectivity index is 2.02. The van der Waals surface area contributed by atoms with Crippen LogP contribution in [-0.2, 0) is 19.6 Å². The number of nitrogens with zero attached hydrogens (tertiary/aromatic N) is 3. The van der Waals surface area contributed by atoms with E-state index in [1.54, 1.807) is 26.0 Å². The Morgan fingerprint density at radius 2 is 1.52 bits per heavy atom. The zero-order chi connectivity index (χ0) is 14.8. The molecule has 5 nitrogen and oxygen atoms in total. The number of hydrogen-bond acceptors (Lipinski definition) is 2.